The molecular formula is C13H17NO2. The predicted molar refractivity (Wildman–Crippen MR) is 65.0 cm³/mol. The third-order valence-electron chi connectivity index (χ3n) is 2.88. The van der Waals surface area contributed by atoms with E-state index in [4.69, 9.17) is 9.84 Å². The Bertz CT molecular complexity index is 488. The summed E-state index contributed by atoms with van der Waals surface area (Å²) < 4.78 is 7.44. The molecule has 0 amide bonds. The van der Waals surface area contributed by atoms with E-state index in [1.807, 2.05) is 12.1 Å². The molecule has 86 valence electrons. The number of nitrogens with zero attached hydrogens (tertiary/aromatic N) is 1. The Labute approximate surface area is 95.3 Å². The molecule has 0 radical (unpaired) electrons. The fourth-order valence-corrected chi connectivity index (χ4v) is 2.11. The molecule has 0 aliphatic rings. The third-order valence-corrected chi connectivity index (χ3v) is 2.88. The van der Waals surface area contributed by atoms with E-state index in [1.54, 1.807) is 7.11 Å². The Morgan fingerprint density at radius 1 is 1.31 bits per heavy atom. The standard InChI is InChI=1S/C13H17NO2/c1-3-14-11(6-7-15)8-10-4-5-12(16-2)9-13(10)14/h4-5,8-9,15H,3,6-7H2,1-2H3. The van der Waals surface area contributed by atoms with Crippen LogP contribution in [-0.4, -0.2) is 23.4 Å². The highest BCUT2D eigenvalue weighted by molar-refractivity contribution is 5.82. The lowest BCUT2D eigenvalue weighted by atomic mass is 10.2. The van der Waals surface area contributed by atoms with Crippen LogP contribution < -0.4 is 4.74 Å². The smallest absolute Gasteiger partial charge is 0.120 e. The molecule has 0 aliphatic carbocycles. The van der Waals surface area contributed by atoms with Crippen LogP contribution in [0, 0.1) is 0 Å². The highest BCUT2D eigenvalue weighted by Gasteiger charge is 2.07. The van der Waals surface area contributed by atoms with Gasteiger partial charge in [0.15, 0.2) is 0 Å². The molecule has 1 heterocycles. The van der Waals surface area contributed by atoms with Gasteiger partial charge < -0.3 is 14.4 Å². The average molecular weight is 219 g/mol. The summed E-state index contributed by atoms with van der Waals surface area (Å²) in [6.07, 6.45) is 0.699. The van der Waals surface area contributed by atoms with Crippen molar-refractivity contribution in [2.24, 2.45) is 0 Å². The van der Waals surface area contributed by atoms with Gasteiger partial charge in [-0.2, -0.15) is 0 Å². The highest BCUT2D eigenvalue weighted by Crippen LogP contribution is 2.24. The Balaban J connectivity index is 2.58. The van der Waals surface area contributed by atoms with Crippen molar-refractivity contribution in [3.63, 3.8) is 0 Å². The topological polar surface area (TPSA) is 34.4 Å². The molecule has 16 heavy (non-hydrogen) atoms. The molecule has 0 bridgehead atoms. The second-order valence-corrected chi connectivity index (χ2v) is 3.78. The molecule has 0 unspecified atom stereocenters. The first-order valence-electron chi connectivity index (χ1n) is 5.57. The van der Waals surface area contributed by atoms with E-state index in [9.17, 15) is 0 Å². The van der Waals surface area contributed by atoms with Gasteiger partial charge in [0.25, 0.3) is 0 Å². The molecule has 0 saturated carbocycles. The van der Waals surface area contributed by atoms with Crippen molar-refractivity contribution in [3.05, 3.63) is 30.0 Å². The third kappa shape index (κ3) is 1.78. The number of benzene rings is 1. The quantitative estimate of drug-likeness (QED) is 0.855. The molecule has 1 aromatic heterocycles. The number of hydrogen-bond donors (Lipinski definition) is 1. The van der Waals surface area contributed by atoms with Gasteiger partial charge in [-0.25, -0.2) is 0 Å². The fourth-order valence-electron chi connectivity index (χ4n) is 2.11. The minimum absolute atomic E-state index is 0.188. The Hall–Kier alpha value is -1.48. The maximum Gasteiger partial charge on any atom is 0.120 e. The Morgan fingerprint density at radius 2 is 2.12 bits per heavy atom. The van der Waals surface area contributed by atoms with E-state index in [0.717, 1.165) is 12.3 Å². The number of aromatic nitrogens is 1. The van der Waals surface area contributed by atoms with Gasteiger partial charge in [-0.1, -0.05) is 0 Å². The monoisotopic (exact) mass is 219 g/mol. The molecule has 2 rings (SSSR count). The Morgan fingerprint density at radius 3 is 2.75 bits per heavy atom. The first-order chi connectivity index (χ1) is 7.80. The summed E-state index contributed by atoms with van der Waals surface area (Å²) in [7, 11) is 1.68. The summed E-state index contributed by atoms with van der Waals surface area (Å²) in [6, 6.07) is 8.19. The molecule has 2 aromatic rings. The second-order valence-electron chi connectivity index (χ2n) is 3.78. The first kappa shape index (κ1) is 11.0. The van der Waals surface area contributed by atoms with Crippen LogP contribution in [0.5, 0.6) is 5.75 Å². The number of aliphatic hydroxyl groups is 1. The summed E-state index contributed by atoms with van der Waals surface area (Å²) in [5.41, 5.74) is 2.35. The van der Waals surface area contributed by atoms with E-state index in [1.165, 1.54) is 16.6 Å². The zero-order valence-corrected chi connectivity index (χ0v) is 9.73. The molecule has 1 N–H and O–H groups in total. The zero-order chi connectivity index (χ0) is 11.5. The zero-order valence-electron chi connectivity index (χ0n) is 9.73. The number of hydrogen-bond acceptors (Lipinski definition) is 2. The van der Waals surface area contributed by atoms with Crippen LogP contribution in [0.15, 0.2) is 24.3 Å². The van der Waals surface area contributed by atoms with Crippen molar-refractivity contribution in [2.75, 3.05) is 13.7 Å². The normalized spacial score (nSPS) is 10.9. The van der Waals surface area contributed by atoms with E-state index < -0.39 is 0 Å². The molecule has 1 aromatic carbocycles. The maximum atomic E-state index is 9.03. The lowest BCUT2D eigenvalue weighted by Gasteiger charge is -2.07. The molecule has 0 fully saturated rings. The second kappa shape index (κ2) is 4.58. The summed E-state index contributed by atoms with van der Waals surface area (Å²) in [5, 5.41) is 10.2. The van der Waals surface area contributed by atoms with Crippen LogP contribution in [0.1, 0.15) is 12.6 Å². The lowest BCUT2D eigenvalue weighted by molar-refractivity contribution is 0.296. The van der Waals surface area contributed by atoms with Gasteiger partial charge in [-0.05, 0) is 25.1 Å². The highest BCUT2D eigenvalue weighted by atomic mass is 16.5. The number of aliphatic hydroxyl groups excluding tert-OH is 1. The van der Waals surface area contributed by atoms with Crippen molar-refractivity contribution in [3.8, 4) is 5.75 Å². The molecule has 0 aliphatic heterocycles. The lowest BCUT2D eigenvalue weighted by Crippen LogP contribution is -2.02. The van der Waals surface area contributed by atoms with Crippen molar-refractivity contribution < 1.29 is 9.84 Å². The summed E-state index contributed by atoms with van der Waals surface area (Å²) >= 11 is 0. The minimum atomic E-state index is 0.188. The number of ether oxygens (including phenoxy) is 1. The summed E-state index contributed by atoms with van der Waals surface area (Å²) in [6.45, 7) is 3.21. The van der Waals surface area contributed by atoms with Crippen molar-refractivity contribution in [1.82, 2.24) is 4.57 Å². The van der Waals surface area contributed by atoms with Gasteiger partial charge in [0.05, 0.1) is 12.6 Å². The number of fused-ring (bicyclic) bond motifs is 1. The summed E-state index contributed by atoms with van der Waals surface area (Å²) in [5.74, 6) is 0.871. The van der Waals surface area contributed by atoms with Crippen LogP contribution in [0.25, 0.3) is 10.9 Å². The van der Waals surface area contributed by atoms with E-state index in [-0.39, 0.29) is 6.61 Å². The SMILES string of the molecule is CCn1c(CCO)cc2ccc(OC)cc21. The van der Waals surface area contributed by atoms with Crippen molar-refractivity contribution >= 4 is 10.9 Å². The first-order valence-corrected chi connectivity index (χ1v) is 5.57. The van der Waals surface area contributed by atoms with Crippen LogP contribution in [0.4, 0.5) is 0 Å². The molecule has 3 heteroatoms. The predicted octanol–water partition coefficient (Wildman–Crippen LogP) is 2.20. The molecule has 0 saturated heterocycles. The van der Waals surface area contributed by atoms with Gasteiger partial charge in [0.2, 0.25) is 0 Å². The van der Waals surface area contributed by atoms with Gasteiger partial charge in [0.1, 0.15) is 5.75 Å². The van der Waals surface area contributed by atoms with E-state index in [2.05, 4.69) is 23.6 Å². The maximum absolute atomic E-state index is 9.03. The van der Waals surface area contributed by atoms with E-state index >= 15 is 0 Å². The fraction of sp³-hybridized carbons (Fsp3) is 0.385. The van der Waals surface area contributed by atoms with Gasteiger partial charge >= 0.3 is 0 Å². The average Bonchev–Trinajstić information content (AvgIpc) is 2.65. The number of methoxy groups -OCH3 is 1. The van der Waals surface area contributed by atoms with Crippen molar-refractivity contribution in [2.45, 2.75) is 19.9 Å². The van der Waals surface area contributed by atoms with Gasteiger partial charge in [0, 0.05) is 36.7 Å². The summed E-state index contributed by atoms with van der Waals surface area (Å²) in [4.78, 5) is 0. The van der Waals surface area contributed by atoms with Crippen LogP contribution in [0.2, 0.25) is 0 Å². The van der Waals surface area contributed by atoms with E-state index in [0.29, 0.717) is 6.42 Å². The Kier molecular flexibility index (Phi) is 3.15. The number of rotatable bonds is 4. The van der Waals surface area contributed by atoms with Crippen molar-refractivity contribution in [1.29, 1.82) is 0 Å². The molecule has 3 nitrogen and oxygen atoms in total. The molecule has 0 atom stereocenters. The van der Waals surface area contributed by atoms with Gasteiger partial charge in [-0.15, -0.1) is 0 Å². The molecular weight excluding hydrogens is 202 g/mol. The van der Waals surface area contributed by atoms with Gasteiger partial charge in [-0.3, -0.25) is 0 Å². The van der Waals surface area contributed by atoms with Crippen LogP contribution >= 0.6 is 0 Å². The minimum Gasteiger partial charge on any atom is -0.497 e. The number of aryl methyl sites for hydroxylation is 1. The van der Waals surface area contributed by atoms with Crippen LogP contribution in [0.3, 0.4) is 0 Å². The van der Waals surface area contributed by atoms with Crippen LogP contribution in [-0.2, 0) is 13.0 Å². The molecule has 0 spiro atoms. The largest absolute Gasteiger partial charge is 0.497 e.